The van der Waals surface area contributed by atoms with Crippen molar-refractivity contribution in [3.8, 4) is 0 Å². The minimum atomic E-state index is -1.09. The Hall–Kier alpha value is -2.37. The van der Waals surface area contributed by atoms with Gasteiger partial charge in [0.1, 0.15) is 6.04 Å². The highest BCUT2D eigenvalue weighted by atomic mass is 16.4. The summed E-state index contributed by atoms with van der Waals surface area (Å²) in [5.41, 5.74) is 0.295. The topological polar surface area (TPSA) is 104 Å². The fourth-order valence-corrected chi connectivity index (χ4v) is 1.70. The number of hydrogen-bond acceptors (Lipinski definition) is 3. The molecule has 1 amide bonds. The smallest absolute Gasteiger partial charge is 0.335 e. The van der Waals surface area contributed by atoms with Crippen molar-refractivity contribution in [1.29, 1.82) is 0 Å². The van der Waals surface area contributed by atoms with E-state index in [1.165, 1.54) is 24.3 Å². The second-order valence-corrected chi connectivity index (χ2v) is 4.88. The van der Waals surface area contributed by atoms with Crippen LogP contribution in [0.1, 0.15) is 41.0 Å². The monoisotopic (exact) mass is 279 g/mol. The van der Waals surface area contributed by atoms with E-state index in [1.54, 1.807) is 0 Å². The normalized spacial score (nSPS) is 11.9. The van der Waals surface area contributed by atoms with Gasteiger partial charge < -0.3 is 15.5 Å². The largest absolute Gasteiger partial charge is 0.480 e. The average Bonchev–Trinajstić information content (AvgIpc) is 2.37. The molecule has 0 aromatic heterocycles. The first-order chi connectivity index (χ1) is 9.31. The zero-order chi connectivity index (χ0) is 15.3. The van der Waals surface area contributed by atoms with E-state index in [1.807, 2.05) is 13.8 Å². The molecule has 0 bridgehead atoms. The van der Waals surface area contributed by atoms with Gasteiger partial charge in [-0.3, -0.25) is 4.79 Å². The van der Waals surface area contributed by atoms with Crippen LogP contribution in [-0.4, -0.2) is 34.1 Å². The molecule has 0 spiro atoms. The van der Waals surface area contributed by atoms with E-state index in [9.17, 15) is 14.4 Å². The maximum absolute atomic E-state index is 11.9. The summed E-state index contributed by atoms with van der Waals surface area (Å²) in [5.74, 6) is -2.57. The summed E-state index contributed by atoms with van der Waals surface area (Å²) in [5, 5.41) is 20.2. The summed E-state index contributed by atoms with van der Waals surface area (Å²) < 4.78 is 0. The third kappa shape index (κ3) is 4.38. The van der Waals surface area contributed by atoms with Gasteiger partial charge in [0.2, 0.25) is 0 Å². The van der Waals surface area contributed by atoms with E-state index in [4.69, 9.17) is 10.2 Å². The number of carbonyl (C=O) groups is 3. The quantitative estimate of drug-likeness (QED) is 0.734. The van der Waals surface area contributed by atoms with Crippen molar-refractivity contribution in [3.05, 3.63) is 35.4 Å². The number of aromatic carboxylic acids is 1. The lowest BCUT2D eigenvalue weighted by atomic mass is 10.0. The molecule has 0 aliphatic heterocycles. The van der Waals surface area contributed by atoms with Crippen molar-refractivity contribution < 1.29 is 24.6 Å². The van der Waals surface area contributed by atoms with Gasteiger partial charge in [0.05, 0.1) is 5.56 Å². The van der Waals surface area contributed by atoms with Crippen LogP contribution in [0.25, 0.3) is 0 Å². The molecule has 1 rings (SSSR count). The number of amides is 1. The molecule has 0 unspecified atom stereocenters. The summed E-state index contributed by atoms with van der Waals surface area (Å²) in [7, 11) is 0. The standard InChI is InChI=1S/C14H17NO5/c1-8(2)7-11(14(19)20)15-12(16)9-3-5-10(6-4-9)13(17)18/h3-6,8,11H,7H2,1-2H3,(H,15,16)(H,17,18)(H,19,20)/t11-/m0/s1. The highest BCUT2D eigenvalue weighted by Crippen LogP contribution is 2.08. The van der Waals surface area contributed by atoms with Crippen molar-refractivity contribution in [2.75, 3.05) is 0 Å². The molecule has 0 heterocycles. The summed E-state index contributed by atoms with van der Waals surface area (Å²) in [4.78, 5) is 33.6. The molecule has 0 aliphatic rings. The van der Waals surface area contributed by atoms with Gasteiger partial charge in [-0.1, -0.05) is 13.8 Å². The maximum Gasteiger partial charge on any atom is 0.335 e. The second-order valence-electron chi connectivity index (χ2n) is 4.88. The zero-order valence-corrected chi connectivity index (χ0v) is 11.3. The number of carboxylic acids is 2. The molecular weight excluding hydrogens is 262 g/mol. The molecule has 0 radical (unpaired) electrons. The van der Waals surface area contributed by atoms with Crippen LogP contribution >= 0.6 is 0 Å². The molecule has 1 atom stereocenters. The molecule has 108 valence electrons. The molecule has 6 nitrogen and oxygen atoms in total. The first-order valence-electron chi connectivity index (χ1n) is 6.18. The zero-order valence-electron chi connectivity index (χ0n) is 11.3. The molecule has 0 saturated heterocycles. The molecule has 1 aromatic rings. The highest BCUT2D eigenvalue weighted by Gasteiger charge is 2.21. The van der Waals surface area contributed by atoms with Crippen molar-refractivity contribution in [1.82, 2.24) is 5.32 Å². The summed E-state index contributed by atoms with van der Waals surface area (Å²) >= 11 is 0. The SMILES string of the molecule is CC(C)C[C@H](NC(=O)c1ccc(C(=O)O)cc1)C(=O)O. The number of carbonyl (C=O) groups excluding carboxylic acids is 1. The van der Waals surface area contributed by atoms with Crippen LogP contribution in [0.4, 0.5) is 0 Å². The predicted molar refractivity (Wildman–Crippen MR) is 71.7 cm³/mol. The molecule has 3 N–H and O–H groups in total. The van der Waals surface area contributed by atoms with E-state index in [-0.39, 0.29) is 17.0 Å². The minimum absolute atomic E-state index is 0.0681. The Kier molecular flexibility index (Phi) is 5.25. The van der Waals surface area contributed by atoms with E-state index in [0.29, 0.717) is 6.42 Å². The molecule has 0 saturated carbocycles. The van der Waals surface area contributed by atoms with Crippen molar-refractivity contribution in [2.24, 2.45) is 5.92 Å². The van der Waals surface area contributed by atoms with Crippen molar-refractivity contribution in [3.63, 3.8) is 0 Å². The lowest BCUT2D eigenvalue weighted by Gasteiger charge is -2.16. The van der Waals surface area contributed by atoms with E-state index >= 15 is 0 Å². The predicted octanol–water partition coefficient (Wildman–Crippen LogP) is 1.61. The third-order valence-corrected chi connectivity index (χ3v) is 2.70. The Labute approximate surface area is 116 Å². The Bertz CT molecular complexity index is 507. The number of aliphatic carboxylic acids is 1. The Morgan fingerprint density at radius 1 is 1.05 bits per heavy atom. The van der Waals surface area contributed by atoms with E-state index < -0.39 is 23.9 Å². The molecule has 20 heavy (non-hydrogen) atoms. The molecule has 6 heteroatoms. The van der Waals surface area contributed by atoms with Gasteiger partial charge in [-0.25, -0.2) is 9.59 Å². The van der Waals surface area contributed by atoms with Crippen LogP contribution in [0, 0.1) is 5.92 Å². The van der Waals surface area contributed by atoms with E-state index in [2.05, 4.69) is 5.32 Å². The summed E-state index contributed by atoms with van der Waals surface area (Å²) in [6, 6.07) is 4.35. The third-order valence-electron chi connectivity index (χ3n) is 2.70. The van der Waals surface area contributed by atoms with Crippen molar-refractivity contribution >= 4 is 17.8 Å². The number of carboxylic acid groups (broad SMARTS) is 2. The number of hydrogen-bond donors (Lipinski definition) is 3. The van der Waals surface area contributed by atoms with Gasteiger partial charge in [-0.15, -0.1) is 0 Å². The molecule has 1 aromatic carbocycles. The Morgan fingerprint density at radius 3 is 1.95 bits per heavy atom. The van der Waals surface area contributed by atoms with Gasteiger partial charge in [0, 0.05) is 5.56 Å². The van der Waals surface area contributed by atoms with Crippen molar-refractivity contribution in [2.45, 2.75) is 26.3 Å². The van der Waals surface area contributed by atoms with E-state index in [0.717, 1.165) is 0 Å². The van der Waals surface area contributed by atoms with Gasteiger partial charge in [0.25, 0.3) is 5.91 Å². The van der Waals surface area contributed by atoms with Gasteiger partial charge >= 0.3 is 11.9 Å². The van der Waals surface area contributed by atoms with Crippen LogP contribution < -0.4 is 5.32 Å². The van der Waals surface area contributed by atoms with Crippen LogP contribution in [0.5, 0.6) is 0 Å². The van der Waals surface area contributed by atoms with Gasteiger partial charge in [-0.2, -0.15) is 0 Å². The highest BCUT2D eigenvalue weighted by molar-refractivity contribution is 5.97. The minimum Gasteiger partial charge on any atom is -0.480 e. The van der Waals surface area contributed by atoms with Crippen LogP contribution in [0.2, 0.25) is 0 Å². The fraction of sp³-hybridized carbons (Fsp3) is 0.357. The maximum atomic E-state index is 11.9. The average molecular weight is 279 g/mol. The molecule has 0 aliphatic carbocycles. The van der Waals surface area contributed by atoms with Gasteiger partial charge in [-0.05, 0) is 36.6 Å². The molecule has 0 fully saturated rings. The first-order valence-corrected chi connectivity index (χ1v) is 6.18. The summed E-state index contributed by atoms with van der Waals surface area (Å²) in [6.07, 6.45) is 0.328. The lowest BCUT2D eigenvalue weighted by Crippen LogP contribution is -2.41. The first kappa shape index (κ1) is 15.7. The van der Waals surface area contributed by atoms with Crippen LogP contribution in [0.3, 0.4) is 0 Å². The molecular formula is C14H17NO5. The van der Waals surface area contributed by atoms with Crippen LogP contribution in [0.15, 0.2) is 24.3 Å². The number of rotatable bonds is 6. The lowest BCUT2D eigenvalue weighted by molar-refractivity contribution is -0.139. The second kappa shape index (κ2) is 6.70. The summed E-state index contributed by atoms with van der Waals surface area (Å²) in [6.45, 7) is 3.73. The van der Waals surface area contributed by atoms with Crippen LogP contribution in [-0.2, 0) is 4.79 Å². The van der Waals surface area contributed by atoms with Gasteiger partial charge in [0.15, 0.2) is 0 Å². The Balaban J connectivity index is 2.78. The fourth-order valence-electron chi connectivity index (χ4n) is 1.70. The number of benzene rings is 1. The Morgan fingerprint density at radius 2 is 1.55 bits per heavy atom. The number of nitrogens with one attached hydrogen (secondary N) is 1.